The average Bonchev–Trinajstić information content (AvgIpc) is 3.37. The lowest BCUT2D eigenvalue weighted by Crippen LogP contribution is -2.41. The molecule has 11 heteroatoms. The van der Waals surface area contributed by atoms with Gasteiger partial charge in [-0.15, -0.1) is 0 Å². The summed E-state index contributed by atoms with van der Waals surface area (Å²) in [4.78, 5) is 27.6. The Balaban J connectivity index is 1.56. The topological polar surface area (TPSA) is 94.9 Å². The highest BCUT2D eigenvalue weighted by atomic mass is 19.1. The van der Waals surface area contributed by atoms with E-state index in [9.17, 15) is 18.4 Å². The summed E-state index contributed by atoms with van der Waals surface area (Å²) in [5.74, 6) is -0.730. The lowest BCUT2D eigenvalue weighted by molar-refractivity contribution is 0.0203. The number of nitrogens with zero attached hydrogens (tertiary/aromatic N) is 3. The maximum atomic E-state index is 14.8. The molecule has 0 unspecified atom stereocenters. The van der Waals surface area contributed by atoms with Gasteiger partial charge < -0.3 is 24.4 Å². The lowest BCUT2D eigenvalue weighted by Gasteiger charge is -2.34. The normalized spacial score (nSPS) is 14.1. The van der Waals surface area contributed by atoms with Crippen LogP contribution in [-0.2, 0) is 11.2 Å². The molecule has 0 atom stereocenters. The minimum atomic E-state index is -0.794. The van der Waals surface area contributed by atoms with Crippen LogP contribution in [0.5, 0.6) is 11.5 Å². The van der Waals surface area contributed by atoms with Crippen molar-refractivity contribution in [1.29, 1.82) is 0 Å². The van der Waals surface area contributed by atoms with E-state index in [-0.39, 0.29) is 17.5 Å². The first-order valence-electron chi connectivity index (χ1n) is 13.5. The van der Waals surface area contributed by atoms with Gasteiger partial charge in [-0.3, -0.25) is 4.79 Å². The highest BCUT2D eigenvalue weighted by Crippen LogP contribution is 2.33. The number of rotatable bonds is 8. The second kappa shape index (κ2) is 12.6. The van der Waals surface area contributed by atoms with E-state index in [0.29, 0.717) is 61.7 Å². The molecule has 1 fully saturated rings. The first-order valence-corrected chi connectivity index (χ1v) is 13.5. The van der Waals surface area contributed by atoms with Crippen LogP contribution >= 0.6 is 0 Å². The molecule has 1 aliphatic rings. The van der Waals surface area contributed by atoms with Gasteiger partial charge in [0.1, 0.15) is 28.6 Å². The summed E-state index contributed by atoms with van der Waals surface area (Å²) in [5, 5.41) is 7.27. The van der Waals surface area contributed by atoms with Crippen LogP contribution in [0.25, 0.3) is 5.69 Å². The third-order valence-electron chi connectivity index (χ3n) is 6.89. The maximum Gasteiger partial charge on any atom is 0.410 e. The summed E-state index contributed by atoms with van der Waals surface area (Å²) >= 11 is 0. The van der Waals surface area contributed by atoms with Crippen molar-refractivity contribution < 1.29 is 32.6 Å². The van der Waals surface area contributed by atoms with Crippen molar-refractivity contribution in [3.05, 3.63) is 71.1 Å². The van der Waals surface area contributed by atoms with E-state index in [2.05, 4.69) is 10.4 Å². The number of carbonyl (C=O) groups is 2. The quantitative estimate of drug-likeness (QED) is 0.397. The number of halogens is 2. The molecule has 3 aromatic rings. The van der Waals surface area contributed by atoms with Crippen LogP contribution in [0.1, 0.15) is 61.1 Å². The fourth-order valence-electron chi connectivity index (χ4n) is 4.92. The van der Waals surface area contributed by atoms with Gasteiger partial charge in [-0.05, 0) is 75.9 Å². The zero-order valence-electron chi connectivity index (χ0n) is 24.0. The molecule has 41 heavy (non-hydrogen) atoms. The van der Waals surface area contributed by atoms with E-state index < -0.39 is 23.3 Å². The molecular formula is C30H36F2N4O5. The molecule has 9 nitrogen and oxygen atoms in total. The first-order chi connectivity index (χ1) is 19.5. The molecule has 0 radical (unpaired) electrons. The second-order valence-electron chi connectivity index (χ2n) is 10.9. The second-order valence-corrected chi connectivity index (χ2v) is 10.9. The van der Waals surface area contributed by atoms with Gasteiger partial charge in [0.2, 0.25) is 0 Å². The number of piperidine rings is 1. The summed E-state index contributed by atoms with van der Waals surface area (Å²) < 4.78 is 46.1. The lowest BCUT2D eigenvalue weighted by atomic mass is 9.90. The fraction of sp³-hybridized carbons (Fsp3) is 0.433. The Morgan fingerprint density at radius 2 is 1.78 bits per heavy atom. The third-order valence-corrected chi connectivity index (χ3v) is 6.89. The smallest absolute Gasteiger partial charge is 0.410 e. The Morgan fingerprint density at radius 1 is 1.05 bits per heavy atom. The Labute approximate surface area is 238 Å². The molecule has 220 valence electrons. The number of hydrogen-bond acceptors (Lipinski definition) is 6. The highest BCUT2D eigenvalue weighted by molar-refractivity contribution is 5.95. The number of nitrogens with one attached hydrogen (secondary N) is 1. The number of ether oxygens (including phenoxy) is 3. The molecule has 4 rings (SSSR count). The summed E-state index contributed by atoms with van der Waals surface area (Å²) in [6, 6.07) is 8.69. The van der Waals surface area contributed by atoms with Crippen molar-refractivity contribution in [2.24, 2.45) is 0 Å². The first kappa shape index (κ1) is 29.8. The maximum absolute atomic E-state index is 14.8. The minimum absolute atomic E-state index is 0.0381. The van der Waals surface area contributed by atoms with Gasteiger partial charge >= 0.3 is 6.09 Å². The van der Waals surface area contributed by atoms with Crippen LogP contribution in [-0.4, -0.2) is 66.1 Å². The van der Waals surface area contributed by atoms with Crippen molar-refractivity contribution in [3.8, 4) is 17.2 Å². The van der Waals surface area contributed by atoms with Crippen LogP contribution in [0, 0.1) is 11.6 Å². The summed E-state index contributed by atoms with van der Waals surface area (Å²) in [7, 11) is 3.15. The van der Waals surface area contributed by atoms with Gasteiger partial charge in [0.15, 0.2) is 5.82 Å². The molecule has 0 bridgehead atoms. The summed E-state index contributed by atoms with van der Waals surface area (Å²) in [6.45, 7) is 6.52. The van der Waals surface area contributed by atoms with Crippen molar-refractivity contribution in [2.75, 3.05) is 33.9 Å². The molecule has 0 aliphatic carbocycles. The Kier molecular flexibility index (Phi) is 9.14. The van der Waals surface area contributed by atoms with E-state index in [1.54, 1.807) is 31.3 Å². The number of methoxy groups -OCH3 is 2. The molecule has 2 aromatic carbocycles. The summed E-state index contributed by atoms with van der Waals surface area (Å²) in [5.41, 5.74) is 1.09. The fourth-order valence-corrected chi connectivity index (χ4v) is 4.92. The highest BCUT2D eigenvalue weighted by Gasteiger charge is 2.32. The molecule has 1 N–H and O–H groups in total. The van der Waals surface area contributed by atoms with Gasteiger partial charge in [0, 0.05) is 31.6 Å². The molecule has 0 saturated carbocycles. The Hall–Kier alpha value is -4.15. The largest absolute Gasteiger partial charge is 0.497 e. The third kappa shape index (κ3) is 7.14. The van der Waals surface area contributed by atoms with Gasteiger partial charge in [0.25, 0.3) is 5.91 Å². The molecular weight excluding hydrogens is 534 g/mol. The van der Waals surface area contributed by atoms with Gasteiger partial charge in [-0.1, -0.05) is 0 Å². The van der Waals surface area contributed by atoms with Gasteiger partial charge in [0.05, 0.1) is 31.7 Å². The molecule has 2 amide bonds. The zero-order valence-corrected chi connectivity index (χ0v) is 24.0. The van der Waals surface area contributed by atoms with Gasteiger partial charge in [-0.2, -0.15) is 5.10 Å². The van der Waals surface area contributed by atoms with Crippen LogP contribution in [0.4, 0.5) is 13.6 Å². The molecule has 1 aromatic heterocycles. The molecule has 1 aliphatic heterocycles. The number of amides is 2. The standard InChI is InChI=1S/C30H36F2N4O5/c1-30(2,3)41-29(38)35-14-11-19(12-15-35)27-23(18-34-36(27)25-8-6-21(31)17-24(25)32)28(37)33-13-10-20-16-22(39-4)7-9-26(20)40-5/h6-9,16-19H,10-15H2,1-5H3,(H,33,37). The number of aromatic nitrogens is 2. The van der Waals surface area contributed by atoms with Crippen LogP contribution < -0.4 is 14.8 Å². The van der Waals surface area contributed by atoms with E-state index in [0.717, 1.165) is 17.7 Å². The predicted molar refractivity (Wildman–Crippen MR) is 149 cm³/mol. The van der Waals surface area contributed by atoms with Crippen LogP contribution in [0.15, 0.2) is 42.6 Å². The Morgan fingerprint density at radius 3 is 2.41 bits per heavy atom. The number of carbonyl (C=O) groups excluding carboxylic acids is 2. The van der Waals surface area contributed by atoms with Crippen LogP contribution in [0.3, 0.4) is 0 Å². The molecule has 1 saturated heterocycles. The van der Waals surface area contributed by atoms with Crippen molar-refractivity contribution in [3.63, 3.8) is 0 Å². The minimum Gasteiger partial charge on any atom is -0.497 e. The number of hydrogen-bond donors (Lipinski definition) is 1. The molecule has 2 heterocycles. The average molecular weight is 571 g/mol. The van der Waals surface area contributed by atoms with E-state index in [1.165, 1.54) is 16.9 Å². The number of benzene rings is 2. The zero-order chi connectivity index (χ0) is 29.7. The molecule has 0 spiro atoms. The van der Waals surface area contributed by atoms with Crippen molar-refractivity contribution >= 4 is 12.0 Å². The van der Waals surface area contributed by atoms with Crippen LogP contribution in [0.2, 0.25) is 0 Å². The van der Waals surface area contributed by atoms with Crippen molar-refractivity contribution in [1.82, 2.24) is 20.0 Å². The SMILES string of the molecule is COc1ccc(OC)c(CCNC(=O)c2cnn(-c3ccc(F)cc3F)c2C2CCN(C(=O)OC(C)(C)C)CC2)c1. The van der Waals surface area contributed by atoms with Crippen molar-refractivity contribution in [2.45, 2.75) is 51.6 Å². The monoisotopic (exact) mass is 570 g/mol. The van der Waals surface area contributed by atoms with E-state index >= 15 is 0 Å². The Bertz CT molecular complexity index is 1390. The van der Waals surface area contributed by atoms with E-state index in [1.807, 2.05) is 26.8 Å². The number of likely N-dealkylation sites (tertiary alicyclic amines) is 1. The van der Waals surface area contributed by atoms with E-state index in [4.69, 9.17) is 14.2 Å². The predicted octanol–water partition coefficient (Wildman–Crippen LogP) is 5.25. The van der Waals surface area contributed by atoms with Gasteiger partial charge in [-0.25, -0.2) is 18.3 Å². The summed E-state index contributed by atoms with van der Waals surface area (Å²) in [6.07, 6.45) is 2.50.